The van der Waals surface area contributed by atoms with Crippen molar-refractivity contribution in [3.8, 4) is 34.2 Å². The van der Waals surface area contributed by atoms with Gasteiger partial charge in [0.25, 0.3) is 0 Å². The number of aliphatic carboxylic acids is 1. The molecular weight excluding hydrogens is 902 g/mol. The molecule has 0 aliphatic carbocycles. The molecule has 4 aromatic heterocycles. The van der Waals surface area contributed by atoms with Crippen LogP contribution in [0.15, 0.2) is 73.1 Å². The quantitative estimate of drug-likeness (QED) is 0.106. The van der Waals surface area contributed by atoms with Crippen LogP contribution in [-0.2, 0) is 24.4 Å². The summed E-state index contributed by atoms with van der Waals surface area (Å²) in [4.78, 5) is 22.2. The van der Waals surface area contributed by atoms with Crippen molar-refractivity contribution in [3.05, 3.63) is 111 Å². The lowest BCUT2D eigenvalue weighted by atomic mass is 9.96. The van der Waals surface area contributed by atoms with E-state index in [-0.39, 0.29) is 30.4 Å². The molecule has 1 aliphatic rings. The highest BCUT2D eigenvalue weighted by Gasteiger charge is 2.30. The second-order valence-corrected chi connectivity index (χ2v) is 17.3. The lowest BCUT2D eigenvalue weighted by molar-refractivity contribution is -0.145. The number of carbonyl (C=O) groups is 1. The Morgan fingerprint density at radius 2 is 1.73 bits per heavy atom. The molecule has 63 heavy (non-hydrogen) atoms. The molecule has 0 amide bonds. The van der Waals surface area contributed by atoms with E-state index in [1.165, 1.54) is 12.3 Å². The van der Waals surface area contributed by atoms with Gasteiger partial charge in [-0.25, -0.2) is 9.78 Å². The summed E-state index contributed by atoms with van der Waals surface area (Å²) in [5, 5.41) is 16.9. The van der Waals surface area contributed by atoms with Gasteiger partial charge in [-0.2, -0.15) is 22.6 Å². The van der Waals surface area contributed by atoms with Crippen molar-refractivity contribution < 1.29 is 37.3 Å². The standard InChI is InChI=1S/C44H41Cl3F3N7O5S/c1-25-31(8-9-35(39(25)46)60-17-16-55-14-12-54(3)13-15-55)32-20-30(57-26(2)40(47)33-19-28(45)22-51-41(33)57)21-37-38(32)42(53-63-37)62-36(43(58)59)18-27-6-4-5-7-34(27)61-23-29-10-11-52-56(29)24-44(48,49)50/h4-11,19-22,36H,12-18,23-24H2,1-3H3,(H,58,59). The summed E-state index contributed by atoms with van der Waals surface area (Å²) in [5.41, 5.74) is 4.78. The van der Waals surface area contributed by atoms with E-state index < -0.39 is 24.8 Å². The van der Waals surface area contributed by atoms with Crippen molar-refractivity contribution in [3.63, 3.8) is 0 Å². The van der Waals surface area contributed by atoms with E-state index in [9.17, 15) is 23.1 Å². The largest absolute Gasteiger partial charge is 0.491 e. The van der Waals surface area contributed by atoms with Gasteiger partial charge in [-0.15, -0.1) is 0 Å². The normalized spacial score (nSPS) is 14.4. The number of hydrogen-bond donors (Lipinski definition) is 1. The number of aromatic nitrogens is 5. The first-order chi connectivity index (χ1) is 30.1. The van der Waals surface area contributed by atoms with Crippen LogP contribution in [0.5, 0.6) is 17.4 Å². The van der Waals surface area contributed by atoms with Crippen LogP contribution in [0.1, 0.15) is 22.5 Å². The average molecular weight is 943 g/mol. The number of para-hydroxylation sites is 1. The average Bonchev–Trinajstić information content (AvgIpc) is 3.93. The minimum atomic E-state index is -4.48. The third kappa shape index (κ3) is 9.71. The predicted octanol–water partition coefficient (Wildman–Crippen LogP) is 9.92. The number of carboxylic acid groups (broad SMARTS) is 1. The fraction of sp³-hybridized carbons (Fsp3) is 0.318. The van der Waals surface area contributed by atoms with Gasteiger partial charge in [0.15, 0.2) is 0 Å². The second-order valence-electron chi connectivity index (χ2n) is 15.3. The minimum absolute atomic E-state index is 0.0819. The number of rotatable bonds is 15. The van der Waals surface area contributed by atoms with Gasteiger partial charge in [0, 0.05) is 68.3 Å². The summed E-state index contributed by atoms with van der Waals surface area (Å²) < 4.78 is 66.1. The molecule has 1 aliphatic heterocycles. The Labute approximate surface area is 379 Å². The molecule has 3 aromatic carbocycles. The van der Waals surface area contributed by atoms with Crippen LogP contribution < -0.4 is 14.2 Å². The van der Waals surface area contributed by atoms with Crippen molar-refractivity contribution >= 4 is 73.4 Å². The van der Waals surface area contributed by atoms with Gasteiger partial charge >= 0.3 is 12.1 Å². The molecule has 0 saturated carbocycles. The predicted molar refractivity (Wildman–Crippen MR) is 238 cm³/mol. The summed E-state index contributed by atoms with van der Waals surface area (Å²) in [6.07, 6.45) is -3.27. The zero-order valence-corrected chi connectivity index (χ0v) is 37.3. The van der Waals surface area contributed by atoms with Gasteiger partial charge in [0.1, 0.15) is 36.9 Å². The van der Waals surface area contributed by atoms with Crippen LogP contribution >= 0.6 is 46.3 Å². The first-order valence-corrected chi connectivity index (χ1v) is 21.8. The topological polar surface area (TPSA) is 120 Å². The molecule has 0 bridgehead atoms. The highest BCUT2D eigenvalue weighted by atomic mass is 35.5. The first kappa shape index (κ1) is 44.5. The molecule has 1 fully saturated rings. The van der Waals surface area contributed by atoms with E-state index in [4.69, 9.17) is 49.0 Å². The molecule has 8 rings (SSSR count). The fourth-order valence-corrected chi connectivity index (χ4v) is 9.06. The second kappa shape index (κ2) is 18.6. The Kier molecular flexibility index (Phi) is 13.1. The number of nitrogens with zero attached hydrogens (tertiary/aromatic N) is 7. The van der Waals surface area contributed by atoms with Crippen molar-refractivity contribution in [2.75, 3.05) is 46.4 Å². The van der Waals surface area contributed by atoms with Crippen LogP contribution in [0.4, 0.5) is 13.2 Å². The number of alkyl halides is 3. The first-order valence-electron chi connectivity index (χ1n) is 19.9. The molecule has 330 valence electrons. The maximum Gasteiger partial charge on any atom is 0.408 e. The SMILES string of the molecule is Cc1c(-c2cc(-n3c(C)c(Cl)c4cc(Cl)cnc43)cc3snc(OC(Cc4ccccc4OCc4ccnn4CC(F)(F)F)C(=O)O)c23)ccc(OCCN2CCN(C)CC2)c1Cl. The summed E-state index contributed by atoms with van der Waals surface area (Å²) in [6, 6.07) is 17.5. The highest BCUT2D eigenvalue weighted by molar-refractivity contribution is 7.13. The number of hydrogen-bond acceptors (Lipinski definition) is 10. The summed E-state index contributed by atoms with van der Waals surface area (Å²) >= 11 is 21.4. The Morgan fingerprint density at radius 3 is 2.49 bits per heavy atom. The van der Waals surface area contributed by atoms with Crippen LogP contribution in [0.2, 0.25) is 15.1 Å². The van der Waals surface area contributed by atoms with E-state index in [2.05, 4.69) is 31.3 Å². The third-order valence-electron chi connectivity index (χ3n) is 11.0. The maximum atomic E-state index is 13.2. The van der Waals surface area contributed by atoms with Gasteiger partial charge in [0.2, 0.25) is 12.0 Å². The smallest absolute Gasteiger partial charge is 0.408 e. The number of piperazine rings is 1. The van der Waals surface area contributed by atoms with Crippen molar-refractivity contribution in [2.24, 2.45) is 0 Å². The molecule has 1 saturated heterocycles. The molecule has 0 radical (unpaired) electrons. The maximum absolute atomic E-state index is 13.2. The van der Waals surface area contributed by atoms with Gasteiger partial charge in [-0.3, -0.25) is 14.1 Å². The molecule has 19 heteroatoms. The van der Waals surface area contributed by atoms with Crippen LogP contribution in [-0.4, -0.2) is 103 Å². The minimum Gasteiger partial charge on any atom is -0.491 e. The Morgan fingerprint density at radius 1 is 0.952 bits per heavy atom. The van der Waals surface area contributed by atoms with Crippen LogP contribution in [0, 0.1) is 13.8 Å². The third-order valence-corrected chi connectivity index (χ3v) is 13.0. The molecule has 0 spiro atoms. The Bertz CT molecular complexity index is 2810. The van der Waals surface area contributed by atoms with Gasteiger partial charge in [-0.1, -0.05) is 59.1 Å². The van der Waals surface area contributed by atoms with Crippen molar-refractivity contribution in [2.45, 2.75) is 45.7 Å². The van der Waals surface area contributed by atoms with E-state index in [1.807, 2.05) is 42.7 Å². The van der Waals surface area contributed by atoms with Crippen molar-refractivity contribution in [1.82, 2.24) is 33.5 Å². The fourth-order valence-electron chi connectivity index (χ4n) is 7.68. The zero-order valence-electron chi connectivity index (χ0n) is 34.3. The van der Waals surface area contributed by atoms with Crippen LogP contribution in [0.3, 0.4) is 0 Å². The van der Waals surface area contributed by atoms with Crippen molar-refractivity contribution in [1.29, 1.82) is 0 Å². The number of pyridine rings is 1. The number of likely N-dealkylation sites (N-methyl/N-ethyl adjacent to an activating group) is 1. The summed E-state index contributed by atoms with van der Waals surface area (Å²) in [6.45, 7) is 7.41. The highest BCUT2D eigenvalue weighted by Crippen LogP contribution is 2.45. The van der Waals surface area contributed by atoms with E-state index in [0.29, 0.717) is 65.4 Å². The molecule has 1 unspecified atom stereocenters. The number of carboxylic acids is 1. The molecule has 7 aromatic rings. The molecular formula is C44H41Cl3F3N7O5S. The van der Waals surface area contributed by atoms with Crippen LogP contribution in [0.25, 0.3) is 37.9 Å². The summed E-state index contributed by atoms with van der Waals surface area (Å²) in [7, 11) is 2.12. The lowest BCUT2D eigenvalue weighted by Crippen LogP contribution is -2.45. The number of ether oxygens (including phenoxy) is 3. The number of benzene rings is 3. The molecule has 1 N–H and O–H groups in total. The number of halogens is 6. The molecule has 5 heterocycles. The summed E-state index contributed by atoms with van der Waals surface area (Å²) in [5.74, 6) is -0.368. The zero-order chi connectivity index (χ0) is 44.6. The number of fused-ring (bicyclic) bond motifs is 2. The van der Waals surface area contributed by atoms with E-state index in [1.54, 1.807) is 36.5 Å². The van der Waals surface area contributed by atoms with E-state index >= 15 is 0 Å². The lowest BCUT2D eigenvalue weighted by Gasteiger charge is -2.32. The molecule has 1 atom stereocenters. The van der Waals surface area contributed by atoms with Gasteiger partial charge in [0.05, 0.1) is 30.8 Å². The van der Waals surface area contributed by atoms with E-state index in [0.717, 1.165) is 65.8 Å². The monoisotopic (exact) mass is 941 g/mol. The van der Waals surface area contributed by atoms with Gasteiger partial charge < -0.3 is 24.2 Å². The van der Waals surface area contributed by atoms with Gasteiger partial charge in [-0.05, 0) is 91.1 Å². The molecule has 12 nitrogen and oxygen atoms in total. The Hall–Kier alpha value is -5.10. The Balaban J connectivity index is 1.14.